The lowest BCUT2D eigenvalue weighted by Crippen LogP contribution is -2.53. The van der Waals surface area contributed by atoms with E-state index in [0.29, 0.717) is 12.0 Å². The van der Waals surface area contributed by atoms with Gasteiger partial charge in [-0.25, -0.2) is 0 Å². The van der Waals surface area contributed by atoms with Crippen LogP contribution in [0.25, 0.3) is 0 Å². The fourth-order valence-corrected chi connectivity index (χ4v) is 2.90. The Kier molecular flexibility index (Phi) is 5.43. The van der Waals surface area contributed by atoms with Gasteiger partial charge < -0.3 is 11.1 Å². The van der Waals surface area contributed by atoms with Crippen LogP contribution in [0.5, 0.6) is 0 Å². The van der Waals surface area contributed by atoms with E-state index in [1.807, 2.05) is 6.92 Å². The third-order valence-corrected chi connectivity index (χ3v) is 4.98. The van der Waals surface area contributed by atoms with E-state index in [0.717, 1.165) is 25.2 Å². The average molecular weight is 268 g/mol. The predicted molar refractivity (Wildman–Crippen MR) is 80.8 cm³/mol. The van der Waals surface area contributed by atoms with Gasteiger partial charge in [-0.1, -0.05) is 27.7 Å². The lowest BCUT2D eigenvalue weighted by molar-refractivity contribution is -0.128. The van der Waals surface area contributed by atoms with Crippen molar-refractivity contribution in [1.29, 1.82) is 0 Å². The van der Waals surface area contributed by atoms with Crippen LogP contribution in [0, 0.1) is 17.3 Å². The van der Waals surface area contributed by atoms with E-state index in [2.05, 4.69) is 33.0 Å². The van der Waals surface area contributed by atoms with Crippen LogP contribution in [0.3, 0.4) is 0 Å². The van der Waals surface area contributed by atoms with Crippen LogP contribution in [-0.4, -0.2) is 18.0 Å². The highest BCUT2D eigenvalue weighted by Gasteiger charge is 2.34. The molecular weight excluding hydrogens is 236 g/mol. The largest absolute Gasteiger partial charge is 0.349 e. The van der Waals surface area contributed by atoms with Gasteiger partial charge in [-0.3, -0.25) is 4.79 Å². The Morgan fingerprint density at radius 1 is 1.16 bits per heavy atom. The monoisotopic (exact) mass is 268 g/mol. The zero-order valence-electron chi connectivity index (χ0n) is 13.4. The van der Waals surface area contributed by atoms with Gasteiger partial charge in [-0.15, -0.1) is 0 Å². The molecule has 1 saturated carbocycles. The van der Waals surface area contributed by atoms with Crippen molar-refractivity contribution in [2.24, 2.45) is 23.0 Å². The molecule has 3 heteroatoms. The number of hydrogen-bond donors (Lipinski definition) is 2. The Bertz CT molecular complexity index is 294. The molecule has 1 atom stereocenters. The maximum atomic E-state index is 12.3. The number of rotatable bonds is 4. The second-order valence-corrected chi connectivity index (χ2v) is 7.52. The molecule has 0 radical (unpaired) electrons. The molecular formula is C16H32N2O. The van der Waals surface area contributed by atoms with Crippen molar-refractivity contribution in [3.8, 4) is 0 Å². The third kappa shape index (κ3) is 4.48. The minimum Gasteiger partial charge on any atom is -0.349 e. The molecule has 0 aromatic heterocycles. The van der Waals surface area contributed by atoms with Crippen molar-refractivity contribution in [2.45, 2.75) is 72.3 Å². The van der Waals surface area contributed by atoms with E-state index >= 15 is 0 Å². The van der Waals surface area contributed by atoms with Crippen LogP contribution >= 0.6 is 0 Å². The Morgan fingerprint density at radius 3 is 2.05 bits per heavy atom. The summed E-state index contributed by atoms with van der Waals surface area (Å²) in [5.41, 5.74) is 5.89. The molecule has 1 fully saturated rings. The van der Waals surface area contributed by atoms with Crippen molar-refractivity contribution in [3.63, 3.8) is 0 Å². The minimum atomic E-state index is -0.238. The maximum Gasteiger partial charge on any atom is 0.223 e. The van der Waals surface area contributed by atoms with E-state index in [1.54, 1.807) is 0 Å². The first-order valence-corrected chi connectivity index (χ1v) is 7.74. The maximum absolute atomic E-state index is 12.3. The zero-order valence-corrected chi connectivity index (χ0v) is 13.4. The quantitative estimate of drug-likeness (QED) is 0.823. The Hall–Kier alpha value is -0.570. The zero-order chi connectivity index (χ0) is 14.7. The van der Waals surface area contributed by atoms with Crippen LogP contribution in [0.2, 0.25) is 0 Å². The summed E-state index contributed by atoms with van der Waals surface area (Å²) in [6, 6.07) is 0. The highest BCUT2D eigenvalue weighted by atomic mass is 16.2. The number of carbonyl (C=O) groups excluding carboxylic acids is 1. The van der Waals surface area contributed by atoms with Crippen molar-refractivity contribution in [3.05, 3.63) is 0 Å². The van der Waals surface area contributed by atoms with Crippen LogP contribution in [0.1, 0.15) is 66.7 Å². The third-order valence-electron chi connectivity index (χ3n) is 4.98. The van der Waals surface area contributed by atoms with Crippen molar-refractivity contribution < 1.29 is 4.79 Å². The molecule has 3 N–H and O–H groups in total. The Labute approximate surface area is 118 Å². The molecule has 1 rings (SSSR count). The van der Waals surface area contributed by atoms with Gasteiger partial charge in [-0.2, -0.15) is 0 Å². The van der Waals surface area contributed by atoms with Gasteiger partial charge in [0.15, 0.2) is 0 Å². The van der Waals surface area contributed by atoms with E-state index < -0.39 is 0 Å². The standard InChI is InChI=1S/C16H32N2O/c1-6-16(5,11-17)18-14(19)12-7-9-13(10-8-12)15(2,3)4/h12-13H,6-11,17H2,1-5H3,(H,18,19). The summed E-state index contributed by atoms with van der Waals surface area (Å²) in [4.78, 5) is 12.3. The molecule has 0 bridgehead atoms. The van der Waals surface area contributed by atoms with E-state index in [-0.39, 0.29) is 17.4 Å². The fraction of sp³-hybridized carbons (Fsp3) is 0.938. The van der Waals surface area contributed by atoms with Crippen LogP contribution < -0.4 is 11.1 Å². The highest BCUT2D eigenvalue weighted by Crippen LogP contribution is 2.39. The predicted octanol–water partition coefficient (Wildman–Crippen LogP) is 3.08. The van der Waals surface area contributed by atoms with Gasteiger partial charge in [0, 0.05) is 18.0 Å². The molecule has 0 aliphatic heterocycles. The molecule has 0 heterocycles. The summed E-state index contributed by atoms with van der Waals surface area (Å²) in [5, 5.41) is 3.15. The Morgan fingerprint density at radius 2 is 1.68 bits per heavy atom. The second-order valence-electron chi connectivity index (χ2n) is 7.52. The van der Waals surface area contributed by atoms with Crippen LogP contribution in [0.4, 0.5) is 0 Å². The minimum absolute atomic E-state index is 0.191. The molecule has 1 aliphatic rings. The van der Waals surface area contributed by atoms with Crippen LogP contribution in [-0.2, 0) is 4.79 Å². The molecule has 0 spiro atoms. The van der Waals surface area contributed by atoms with Gasteiger partial charge in [0.25, 0.3) is 0 Å². The van der Waals surface area contributed by atoms with E-state index in [4.69, 9.17) is 5.73 Å². The molecule has 0 aromatic carbocycles. The van der Waals surface area contributed by atoms with Gasteiger partial charge in [-0.05, 0) is 50.4 Å². The van der Waals surface area contributed by atoms with Crippen molar-refractivity contribution in [1.82, 2.24) is 5.32 Å². The molecule has 0 saturated heterocycles. The summed E-state index contributed by atoms with van der Waals surface area (Å²) in [6.45, 7) is 11.5. The molecule has 3 nitrogen and oxygen atoms in total. The van der Waals surface area contributed by atoms with Crippen molar-refractivity contribution >= 4 is 5.91 Å². The van der Waals surface area contributed by atoms with Crippen molar-refractivity contribution in [2.75, 3.05) is 6.54 Å². The summed E-state index contributed by atoms with van der Waals surface area (Å²) >= 11 is 0. The Balaban J connectivity index is 2.50. The summed E-state index contributed by atoms with van der Waals surface area (Å²) in [6.07, 6.45) is 5.28. The normalized spacial score (nSPS) is 27.7. The number of hydrogen-bond acceptors (Lipinski definition) is 2. The van der Waals surface area contributed by atoms with Crippen LogP contribution in [0.15, 0.2) is 0 Å². The molecule has 1 unspecified atom stereocenters. The molecule has 112 valence electrons. The molecule has 1 amide bonds. The van der Waals surface area contributed by atoms with E-state index in [1.165, 1.54) is 12.8 Å². The first-order chi connectivity index (χ1) is 8.72. The number of nitrogens with one attached hydrogen (secondary N) is 1. The second kappa shape index (κ2) is 6.25. The summed E-state index contributed by atoms with van der Waals surface area (Å²) < 4.78 is 0. The number of amides is 1. The first-order valence-electron chi connectivity index (χ1n) is 7.74. The van der Waals surface area contributed by atoms with E-state index in [9.17, 15) is 4.79 Å². The lowest BCUT2D eigenvalue weighted by atomic mass is 9.69. The van der Waals surface area contributed by atoms with Gasteiger partial charge >= 0.3 is 0 Å². The average Bonchev–Trinajstić information content (AvgIpc) is 2.37. The van der Waals surface area contributed by atoms with Gasteiger partial charge in [0.2, 0.25) is 5.91 Å². The molecule has 1 aliphatic carbocycles. The summed E-state index contributed by atoms with van der Waals surface area (Å²) in [5.74, 6) is 1.15. The summed E-state index contributed by atoms with van der Waals surface area (Å²) in [7, 11) is 0. The van der Waals surface area contributed by atoms with Gasteiger partial charge in [0.1, 0.15) is 0 Å². The topological polar surface area (TPSA) is 55.1 Å². The SMILES string of the molecule is CCC(C)(CN)NC(=O)C1CCC(C(C)(C)C)CC1. The fourth-order valence-electron chi connectivity index (χ4n) is 2.90. The smallest absolute Gasteiger partial charge is 0.223 e. The lowest BCUT2D eigenvalue weighted by Gasteiger charge is -2.38. The molecule has 19 heavy (non-hydrogen) atoms. The number of carbonyl (C=O) groups is 1. The van der Waals surface area contributed by atoms with Gasteiger partial charge in [0.05, 0.1) is 0 Å². The molecule has 0 aromatic rings. The number of nitrogens with two attached hydrogens (primary N) is 1. The first kappa shape index (κ1) is 16.5. The highest BCUT2D eigenvalue weighted by molar-refractivity contribution is 5.79.